The highest BCUT2D eigenvalue weighted by atomic mass is 16.3. The Morgan fingerprint density at radius 1 is 1.24 bits per heavy atom. The largest absolute Gasteiger partial charge is 0.377 e. The molecule has 1 amide bonds. The van der Waals surface area contributed by atoms with E-state index < -0.39 is 23.3 Å². The number of anilines is 1. The SMILES string of the molecule is CCC(NC(O)C(C)(C)N)C(=O)Nc1cn(C(C)(C(C)=O)c2ccccc2)cn1. The normalized spacial score (nSPS) is 16.0. The summed E-state index contributed by atoms with van der Waals surface area (Å²) in [5, 5.41) is 15.7. The van der Waals surface area contributed by atoms with Crippen molar-refractivity contribution in [1.29, 1.82) is 0 Å². The number of carbonyl (C=O) groups excluding carboxylic acids is 2. The summed E-state index contributed by atoms with van der Waals surface area (Å²) in [5.74, 6) is -0.0779. The van der Waals surface area contributed by atoms with Crippen molar-refractivity contribution in [3.63, 3.8) is 0 Å². The van der Waals surface area contributed by atoms with Crippen molar-refractivity contribution in [3.05, 3.63) is 48.4 Å². The predicted molar refractivity (Wildman–Crippen MR) is 112 cm³/mol. The van der Waals surface area contributed by atoms with Crippen LogP contribution >= 0.6 is 0 Å². The number of ketones is 1. The lowest BCUT2D eigenvalue weighted by Gasteiger charge is -2.30. The van der Waals surface area contributed by atoms with E-state index in [1.807, 2.05) is 44.2 Å². The average Bonchev–Trinajstić information content (AvgIpc) is 3.13. The minimum absolute atomic E-state index is 0.0552. The third-order valence-electron chi connectivity index (χ3n) is 5.16. The maximum atomic E-state index is 12.6. The van der Waals surface area contributed by atoms with E-state index >= 15 is 0 Å². The second-order valence-electron chi connectivity index (χ2n) is 8.00. The molecule has 3 unspecified atom stereocenters. The quantitative estimate of drug-likeness (QED) is 0.474. The number of Topliss-reactive ketones (excluding diaryl/α,β-unsaturated/α-hetero) is 1. The molecule has 1 heterocycles. The van der Waals surface area contributed by atoms with Gasteiger partial charge in [-0.2, -0.15) is 0 Å². The lowest BCUT2D eigenvalue weighted by molar-refractivity contribution is -0.123. The number of carbonyl (C=O) groups is 2. The number of imidazole rings is 1. The highest BCUT2D eigenvalue weighted by Gasteiger charge is 2.34. The zero-order valence-electron chi connectivity index (χ0n) is 17.6. The lowest BCUT2D eigenvalue weighted by Crippen LogP contribution is -2.57. The molecule has 0 saturated heterocycles. The average molecular weight is 402 g/mol. The standard InChI is InChI=1S/C21H31N5O3/c1-6-16(24-19(29)20(3,4)22)18(28)25-17-12-26(13-23-17)21(5,14(2)27)15-10-8-7-9-11-15/h7-13,16,19,24,29H,6,22H2,1-5H3,(H,25,28). The molecule has 29 heavy (non-hydrogen) atoms. The Labute approximate surface area is 171 Å². The fourth-order valence-electron chi connectivity index (χ4n) is 2.93. The van der Waals surface area contributed by atoms with E-state index in [1.54, 1.807) is 24.6 Å². The third kappa shape index (κ3) is 5.09. The first-order valence-corrected chi connectivity index (χ1v) is 9.65. The number of rotatable bonds is 9. The molecule has 8 nitrogen and oxygen atoms in total. The molecule has 0 fully saturated rings. The minimum Gasteiger partial charge on any atom is -0.377 e. The summed E-state index contributed by atoms with van der Waals surface area (Å²) in [7, 11) is 0. The summed E-state index contributed by atoms with van der Waals surface area (Å²) in [6, 6.07) is 8.75. The number of aromatic nitrogens is 2. The molecule has 0 aliphatic heterocycles. The first kappa shape index (κ1) is 22.7. The van der Waals surface area contributed by atoms with Crippen molar-refractivity contribution in [1.82, 2.24) is 14.9 Å². The predicted octanol–water partition coefficient (Wildman–Crippen LogP) is 1.60. The van der Waals surface area contributed by atoms with Gasteiger partial charge in [0.25, 0.3) is 0 Å². The van der Waals surface area contributed by atoms with Crippen molar-refractivity contribution in [2.24, 2.45) is 5.73 Å². The number of benzene rings is 1. The summed E-state index contributed by atoms with van der Waals surface area (Å²) < 4.78 is 1.69. The molecule has 3 atom stereocenters. The van der Waals surface area contributed by atoms with E-state index in [0.29, 0.717) is 12.2 Å². The maximum absolute atomic E-state index is 12.6. The second-order valence-corrected chi connectivity index (χ2v) is 8.00. The molecule has 0 radical (unpaired) electrons. The van der Waals surface area contributed by atoms with Gasteiger partial charge in [-0.3, -0.25) is 14.9 Å². The van der Waals surface area contributed by atoms with Crippen LogP contribution in [0, 0.1) is 0 Å². The van der Waals surface area contributed by atoms with Crippen molar-refractivity contribution >= 4 is 17.5 Å². The van der Waals surface area contributed by atoms with Gasteiger partial charge in [0.1, 0.15) is 11.8 Å². The molecule has 0 bridgehead atoms. The molecular weight excluding hydrogens is 370 g/mol. The van der Waals surface area contributed by atoms with Gasteiger partial charge in [0.15, 0.2) is 11.6 Å². The maximum Gasteiger partial charge on any atom is 0.242 e. The van der Waals surface area contributed by atoms with Crippen LogP contribution in [-0.2, 0) is 15.1 Å². The third-order valence-corrected chi connectivity index (χ3v) is 5.16. The molecular formula is C21H31N5O3. The molecule has 8 heteroatoms. The molecule has 1 aromatic carbocycles. The minimum atomic E-state index is -1.05. The summed E-state index contributed by atoms with van der Waals surface area (Å²) in [5.41, 5.74) is 4.86. The number of aliphatic hydroxyl groups is 1. The molecule has 2 rings (SSSR count). The zero-order chi connectivity index (χ0) is 21.8. The molecule has 5 N–H and O–H groups in total. The van der Waals surface area contributed by atoms with Gasteiger partial charge < -0.3 is 20.7 Å². The van der Waals surface area contributed by atoms with E-state index in [1.165, 1.54) is 13.3 Å². The zero-order valence-corrected chi connectivity index (χ0v) is 17.6. The van der Waals surface area contributed by atoms with Crippen LogP contribution in [0.25, 0.3) is 0 Å². The first-order valence-electron chi connectivity index (χ1n) is 9.65. The Hall–Kier alpha value is -2.55. The molecule has 2 aromatic rings. The molecule has 158 valence electrons. The van der Waals surface area contributed by atoms with Crippen molar-refractivity contribution in [2.75, 3.05) is 5.32 Å². The van der Waals surface area contributed by atoms with Crippen LogP contribution in [0.15, 0.2) is 42.9 Å². The van der Waals surface area contributed by atoms with Crippen LogP contribution < -0.4 is 16.4 Å². The fourth-order valence-corrected chi connectivity index (χ4v) is 2.93. The molecule has 0 saturated carbocycles. The van der Waals surface area contributed by atoms with Gasteiger partial charge in [0.2, 0.25) is 5.91 Å². The number of nitrogens with one attached hydrogen (secondary N) is 2. The number of amides is 1. The van der Waals surface area contributed by atoms with Crippen LogP contribution in [0.4, 0.5) is 5.82 Å². The van der Waals surface area contributed by atoms with E-state index in [-0.39, 0.29) is 11.7 Å². The van der Waals surface area contributed by atoms with Gasteiger partial charge in [-0.05, 0) is 39.7 Å². The summed E-state index contributed by atoms with van der Waals surface area (Å²) >= 11 is 0. The van der Waals surface area contributed by atoms with E-state index in [9.17, 15) is 14.7 Å². The van der Waals surface area contributed by atoms with Gasteiger partial charge in [-0.1, -0.05) is 37.3 Å². The summed E-state index contributed by atoms with van der Waals surface area (Å²) in [6.07, 6.45) is 2.56. The fraction of sp³-hybridized carbons (Fsp3) is 0.476. The van der Waals surface area contributed by atoms with Crippen molar-refractivity contribution < 1.29 is 14.7 Å². The van der Waals surface area contributed by atoms with E-state index in [4.69, 9.17) is 5.73 Å². The van der Waals surface area contributed by atoms with Crippen LogP contribution in [0.2, 0.25) is 0 Å². The number of hydrogen-bond donors (Lipinski definition) is 4. The Morgan fingerprint density at radius 3 is 2.38 bits per heavy atom. The smallest absolute Gasteiger partial charge is 0.242 e. The summed E-state index contributed by atoms with van der Waals surface area (Å²) in [6.45, 7) is 8.51. The monoisotopic (exact) mass is 401 g/mol. The molecule has 0 aliphatic carbocycles. The van der Waals surface area contributed by atoms with Gasteiger partial charge in [0.05, 0.1) is 12.4 Å². The number of aliphatic hydroxyl groups excluding tert-OH is 1. The van der Waals surface area contributed by atoms with Crippen LogP contribution in [0.1, 0.15) is 46.6 Å². The van der Waals surface area contributed by atoms with Crippen LogP contribution in [0.5, 0.6) is 0 Å². The van der Waals surface area contributed by atoms with Crippen LogP contribution in [-0.4, -0.2) is 44.2 Å². The number of nitrogens with zero attached hydrogens (tertiary/aromatic N) is 2. The Bertz CT molecular complexity index is 844. The number of nitrogens with two attached hydrogens (primary N) is 1. The van der Waals surface area contributed by atoms with E-state index in [0.717, 1.165) is 5.56 Å². The highest BCUT2D eigenvalue weighted by Crippen LogP contribution is 2.28. The van der Waals surface area contributed by atoms with Crippen molar-refractivity contribution in [2.45, 2.75) is 64.4 Å². The van der Waals surface area contributed by atoms with Crippen molar-refractivity contribution in [3.8, 4) is 0 Å². The van der Waals surface area contributed by atoms with Crippen LogP contribution in [0.3, 0.4) is 0 Å². The lowest BCUT2D eigenvalue weighted by atomic mass is 9.88. The Morgan fingerprint density at radius 2 is 1.86 bits per heavy atom. The van der Waals surface area contributed by atoms with Gasteiger partial charge in [-0.25, -0.2) is 4.98 Å². The van der Waals surface area contributed by atoms with Gasteiger partial charge in [0, 0.05) is 11.7 Å². The Kier molecular flexibility index (Phi) is 6.94. The van der Waals surface area contributed by atoms with Gasteiger partial charge >= 0.3 is 0 Å². The molecule has 0 aliphatic rings. The topological polar surface area (TPSA) is 122 Å². The number of hydrogen-bond acceptors (Lipinski definition) is 6. The molecule has 1 aromatic heterocycles. The highest BCUT2D eigenvalue weighted by molar-refractivity contribution is 5.94. The second kappa shape index (κ2) is 8.86. The summed E-state index contributed by atoms with van der Waals surface area (Å²) in [4.78, 5) is 29.3. The molecule has 0 spiro atoms. The Balaban J connectivity index is 2.20. The van der Waals surface area contributed by atoms with E-state index in [2.05, 4.69) is 15.6 Å². The van der Waals surface area contributed by atoms with Gasteiger partial charge in [-0.15, -0.1) is 0 Å². The first-order chi connectivity index (χ1) is 13.5.